The molecule has 29 heavy (non-hydrogen) atoms. The van der Waals surface area contributed by atoms with Crippen LogP contribution in [-0.2, 0) is 13.7 Å². The first-order chi connectivity index (χ1) is 13.9. The van der Waals surface area contributed by atoms with Gasteiger partial charge in [-0.3, -0.25) is 30.6 Å². The van der Waals surface area contributed by atoms with E-state index in [0.717, 1.165) is 11.9 Å². The highest BCUT2D eigenvalue weighted by atomic mass is 16.6. The van der Waals surface area contributed by atoms with Crippen molar-refractivity contribution in [3.8, 4) is 5.75 Å². The lowest BCUT2D eigenvalue weighted by atomic mass is 10.2. The summed E-state index contributed by atoms with van der Waals surface area (Å²) in [7, 11) is 1.86. The number of nitrogens with one attached hydrogen (secondary N) is 2. The standard InChI is InChI=1S/C19H17N5O5/c1-23-10-9-20-17(23)12-29-16-7-5-13(6-8-16)18(25)21-22-19(26)14-3-2-4-15(11-14)24(27)28/h2-11H,12H2,1H3,(H,21,25)(H,22,26). The van der Waals surface area contributed by atoms with Crippen molar-refractivity contribution in [2.24, 2.45) is 7.05 Å². The molecular formula is C19H17N5O5. The van der Waals surface area contributed by atoms with Crippen molar-refractivity contribution in [2.75, 3.05) is 0 Å². The average Bonchev–Trinajstić information content (AvgIpc) is 3.15. The molecule has 1 heterocycles. The number of hydrogen-bond donors (Lipinski definition) is 2. The van der Waals surface area contributed by atoms with Gasteiger partial charge in [-0.15, -0.1) is 0 Å². The zero-order chi connectivity index (χ0) is 20.8. The molecule has 1 aromatic heterocycles. The van der Waals surface area contributed by atoms with Crippen LogP contribution in [0.2, 0.25) is 0 Å². The predicted molar refractivity (Wildman–Crippen MR) is 102 cm³/mol. The second-order valence-electron chi connectivity index (χ2n) is 5.98. The van der Waals surface area contributed by atoms with Gasteiger partial charge in [0.2, 0.25) is 0 Å². The Kier molecular flexibility index (Phi) is 5.83. The van der Waals surface area contributed by atoms with Crippen molar-refractivity contribution < 1.29 is 19.2 Å². The summed E-state index contributed by atoms with van der Waals surface area (Å²) < 4.78 is 7.45. The molecule has 2 aromatic carbocycles. The second-order valence-corrected chi connectivity index (χ2v) is 5.98. The van der Waals surface area contributed by atoms with Crippen LogP contribution in [0.1, 0.15) is 26.5 Å². The van der Waals surface area contributed by atoms with Crippen molar-refractivity contribution in [1.82, 2.24) is 20.4 Å². The molecule has 2 amide bonds. The van der Waals surface area contributed by atoms with Crippen LogP contribution < -0.4 is 15.6 Å². The maximum absolute atomic E-state index is 12.2. The van der Waals surface area contributed by atoms with Crippen molar-refractivity contribution in [2.45, 2.75) is 6.61 Å². The molecule has 3 rings (SSSR count). The number of benzene rings is 2. The summed E-state index contributed by atoms with van der Waals surface area (Å²) in [6.07, 6.45) is 3.49. The number of imidazole rings is 1. The number of nitro benzene ring substituents is 1. The third-order valence-corrected chi connectivity index (χ3v) is 4.01. The topological polar surface area (TPSA) is 128 Å². The van der Waals surface area contributed by atoms with Crippen molar-refractivity contribution >= 4 is 17.5 Å². The zero-order valence-electron chi connectivity index (χ0n) is 15.4. The molecule has 0 atom stereocenters. The molecule has 3 aromatic rings. The van der Waals surface area contributed by atoms with Crippen LogP contribution in [0.25, 0.3) is 0 Å². The van der Waals surface area contributed by atoms with E-state index in [1.165, 1.54) is 18.2 Å². The highest BCUT2D eigenvalue weighted by Crippen LogP contribution is 2.14. The van der Waals surface area contributed by atoms with E-state index in [0.29, 0.717) is 11.3 Å². The summed E-state index contributed by atoms with van der Waals surface area (Å²) in [5.41, 5.74) is 4.62. The van der Waals surface area contributed by atoms with Crippen molar-refractivity contribution in [1.29, 1.82) is 0 Å². The van der Waals surface area contributed by atoms with Gasteiger partial charge in [0, 0.05) is 42.7 Å². The largest absolute Gasteiger partial charge is 0.486 e. The Hall–Kier alpha value is -4.21. The van der Waals surface area contributed by atoms with Crippen molar-refractivity contribution in [3.05, 3.63) is 88.0 Å². The molecule has 0 aliphatic rings. The lowest BCUT2D eigenvalue weighted by Crippen LogP contribution is -2.41. The Morgan fingerprint density at radius 3 is 2.41 bits per heavy atom. The summed E-state index contributed by atoms with van der Waals surface area (Å²) in [6.45, 7) is 0.286. The van der Waals surface area contributed by atoms with Gasteiger partial charge in [0.25, 0.3) is 17.5 Å². The van der Waals surface area contributed by atoms with Gasteiger partial charge in [-0.2, -0.15) is 0 Å². The van der Waals surface area contributed by atoms with Crippen LogP contribution in [0.3, 0.4) is 0 Å². The van der Waals surface area contributed by atoms with Crippen LogP contribution in [0.4, 0.5) is 5.69 Å². The molecule has 0 aliphatic heterocycles. The summed E-state index contributed by atoms with van der Waals surface area (Å²) in [5.74, 6) is 0.109. The molecule has 2 N–H and O–H groups in total. The monoisotopic (exact) mass is 395 g/mol. The second kappa shape index (κ2) is 8.65. The Bertz CT molecular complexity index is 1050. The molecule has 0 aliphatic carbocycles. The molecule has 148 valence electrons. The smallest absolute Gasteiger partial charge is 0.270 e. The number of nitrogens with zero attached hydrogens (tertiary/aromatic N) is 3. The molecule has 10 nitrogen and oxygen atoms in total. The number of rotatable bonds is 6. The van der Waals surface area contributed by atoms with E-state index >= 15 is 0 Å². The van der Waals surface area contributed by atoms with E-state index in [2.05, 4.69) is 15.8 Å². The lowest BCUT2D eigenvalue weighted by molar-refractivity contribution is -0.384. The fourth-order valence-corrected chi connectivity index (χ4v) is 2.40. The Labute approximate surface area is 165 Å². The van der Waals surface area contributed by atoms with E-state index in [1.54, 1.807) is 30.5 Å². The first kappa shape index (κ1) is 19.5. The van der Waals surface area contributed by atoms with E-state index in [9.17, 15) is 19.7 Å². The molecule has 0 unspecified atom stereocenters. The number of carbonyl (C=O) groups is 2. The first-order valence-electron chi connectivity index (χ1n) is 8.48. The van der Waals surface area contributed by atoms with Crippen molar-refractivity contribution in [3.63, 3.8) is 0 Å². The number of amides is 2. The number of nitro groups is 1. The third kappa shape index (κ3) is 4.95. The van der Waals surface area contributed by atoms with Gasteiger partial charge in [0.1, 0.15) is 18.2 Å². The quantitative estimate of drug-likeness (QED) is 0.485. The predicted octanol–water partition coefficient (Wildman–Crippen LogP) is 1.98. The van der Waals surface area contributed by atoms with Gasteiger partial charge in [-0.1, -0.05) is 6.07 Å². The molecule has 0 spiro atoms. The number of carbonyl (C=O) groups excluding carboxylic acids is 2. The minimum Gasteiger partial charge on any atom is -0.486 e. The van der Waals surface area contributed by atoms with Gasteiger partial charge < -0.3 is 9.30 Å². The molecule has 0 saturated carbocycles. The number of hydrogen-bond acceptors (Lipinski definition) is 6. The van der Waals surface area contributed by atoms with Crippen LogP contribution in [0.15, 0.2) is 60.9 Å². The number of aryl methyl sites for hydroxylation is 1. The number of ether oxygens (including phenoxy) is 1. The lowest BCUT2D eigenvalue weighted by Gasteiger charge is -2.09. The normalized spacial score (nSPS) is 10.2. The summed E-state index contributed by atoms with van der Waals surface area (Å²) in [5, 5.41) is 10.8. The van der Waals surface area contributed by atoms with E-state index in [1.807, 2.05) is 17.8 Å². The van der Waals surface area contributed by atoms with E-state index in [4.69, 9.17) is 4.74 Å². The average molecular weight is 395 g/mol. The van der Waals surface area contributed by atoms with Crippen LogP contribution >= 0.6 is 0 Å². The fraction of sp³-hybridized carbons (Fsp3) is 0.105. The highest BCUT2D eigenvalue weighted by molar-refractivity contribution is 5.99. The maximum Gasteiger partial charge on any atom is 0.270 e. The summed E-state index contributed by atoms with van der Waals surface area (Å²) in [4.78, 5) is 38.5. The number of hydrazine groups is 1. The highest BCUT2D eigenvalue weighted by Gasteiger charge is 2.13. The minimum absolute atomic E-state index is 0.0533. The minimum atomic E-state index is -0.669. The fourth-order valence-electron chi connectivity index (χ4n) is 2.40. The van der Waals surface area contributed by atoms with Gasteiger partial charge in [0.15, 0.2) is 0 Å². The molecular weight excluding hydrogens is 378 g/mol. The number of non-ortho nitro benzene ring substituents is 1. The Balaban J connectivity index is 1.54. The summed E-state index contributed by atoms with van der Waals surface area (Å²) in [6, 6.07) is 11.5. The van der Waals surface area contributed by atoms with E-state index < -0.39 is 16.7 Å². The Morgan fingerprint density at radius 2 is 1.79 bits per heavy atom. The molecule has 0 fully saturated rings. The summed E-state index contributed by atoms with van der Waals surface area (Å²) >= 11 is 0. The Morgan fingerprint density at radius 1 is 1.10 bits per heavy atom. The molecule has 10 heteroatoms. The molecule has 0 bridgehead atoms. The first-order valence-corrected chi connectivity index (χ1v) is 8.48. The molecule has 0 saturated heterocycles. The van der Waals surface area contributed by atoms with Gasteiger partial charge in [-0.25, -0.2) is 4.98 Å². The van der Waals surface area contributed by atoms with Gasteiger partial charge in [0.05, 0.1) is 4.92 Å². The van der Waals surface area contributed by atoms with Crippen LogP contribution in [-0.4, -0.2) is 26.3 Å². The van der Waals surface area contributed by atoms with Gasteiger partial charge >= 0.3 is 0 Å². The molecule has 0 radical (unpaired) electrons. The zero-order valence-corrected chi connectivity index (χ0v) is 15.4. The van der Waals surface area contributed by atoms with Gasteiger partial charge in [-0.05, 0) is 30.3 Å². The number of aromatic nitrogens is 2. The maximum atomic E-state index is 12.2. The third-order valence-electron chi connectivity index (χ3n) is 4.01. The SMILES string of the molecule is Cn1ccnc1COc1ccc(C(=O)NNC(=O)c2cccc([N+](=O)[O-])c2)cc1. The van der Waals surface area contributed by atoms with E-state index in [-0.39, 0.29) is 17.9 Å². The van der Waals surface area contributed by atoms with Crippen LogP contribution in [0, 0.1) is 10.1 Å². The van der Waals surface area contributed by atoms with Crippen LogP contribution in [0.5, 0.6) is 5.75 Å².